The molecule has 0 spiro atoms. The van der Waals surface area contributed by atoms with E-state index in [0.29, 0.717) is 12.8 Å². The van der Waals surface area contributed by atoms with E-state index in [1.807, 2.05) is 11.4 Å². The second-order valence-electron chi connectivity index (χ2n) is 4.74. The lowest BCUT2D eigenvalue weighted by atomic mass is 9.92. The third kappa shape index (κ3) is 2.13. The van der Waals surface area contributed by atoms with Gasteiger partial charge in [0.2, 0.25) is 0 Å². The minimum atomic E-state index is -0.840. The Kier molecular flexibility index (Phi) is 3.04. The zero-order valence-corrected chi connectivity index (χ0v) is 12.0. The molecular formula is C14H12BrFOS. The van der Waals surface area contributed by atoms with Crippen molar-refractivity contribution in [3.63, 3.8) is 0 Å². The van der Waals surface area contributed by atoms with Gasteiger partial charge in [-0.05, 0) is 58.1 Å². The standard InChI is InChI=1S/C14H12BrFOS/c15-10-6-12(18-8-10)7-14(17)4-3-9-5-11(16)1-2-13(9)14/h1-2,5-6,8,17H,3-4,7H2. The minimum Gasteiger partial charge on any atom is -0.385 e. The van der Waals surface area contributed by atoms with Gasteiger partial charge in [0, 0.05) is 21.2 Å². The van der Waals surface area contributed by atoms with Crippen molar-refractivity contribution >= 4 is 27.3 Å². The predicted molar refractivity (Wildman–Crippen MR) is 74.3 cm³/mol. The van der Waals surface area contributed by atoms with Gasteiger partial charge in [-0.15, -0.1) is 11.3 Å². The summed E-state index contributed by atoms with van der Waals surface area (Å²) in [7, 11) is 0. The fraction of sp³-hybridized carbons (Fsp3) is 0.286. The lowest BCUT2D eigenvalue weighted by molar-refractivity contribution is 0.0397. The molecule has 0 saturated heterocycles. The number of aryl methyl sites for hydroxylation is 1. The molecule has 18 heavy (non-hydrogen) atoms. The number of halogens is 2. The highest BCUT2D eigenvalue weighted by Gasteiger charge is 2.37. The molecule has 1 aromatic heterocycles. The SMILES string of the molecule is OC1(Cc2cc(Br)cs2)CCc2cc(F)ccc21. The maximum absolute atomic E-state index is 13.2. The van der Waals surface area contributed by atoms with Crippen LogP contribution in [0.25, 0.3) is 0 Å². The maximum atomic E-state index is 13.2. The van der Waals surface area contributed by atoms with Gasteiger partial charge in [-0.25, -0.2) is 4.39 Å². The molecule has 1 N–H and O–H groups in total. The highest BCUT2D eigenvalue weighted by molar-refractivity contribution is 9.10. The van der Waals surface area contributed by atoms with Gasteiger partial charge < -0.3 is 5.11 Å². The quantitative estimate of drug-likeness (QED) is 0.883. The van der Waals surface area contributed by atoms with Gasteiger partial charge in [0.15, 0.2) is 0 Å². The largest absolute Gasteiger partial charge is 0.385 e. The Bertz CT molecular complexity index is 595. The normalized spacial score (nSPS) is 22.2. The summed E-state index contributed by atoms with van der Waals surface area (Å²) in [6, 6.07) is 6.72. The molecule has 2 aromatic rings. The van der Waals surface area contributed by atoms with E-state index < -0.39 is 5.60 Å². The van der Waals surface area contributed by atoms with Crippen LogP contribution in [0, 0.1) is 5.82 Å². The van der Waals surface area contributed by atoms with Gasteiger partial charge in [0.05, 0.1) is 5.60 Å². The molecule has 1 aliphatic carbocycles. The highest BCUT2D eigenvalue weighted by atomic mass is 79.9. The summed E-state index contributed by atoms with van der Waals surface area (Å²) in [5.41, 5.74) is 0.981. The van der Waals surface area contributed by atoms with E-state index in [0.717, 1.165) is 26.9 Å². The molecule has 1 atom stereocenters. The van der Waals surface area contributed by atoms with E-state index in [9.17, 15) is 9.50 Å². The van der Waals surface area contributed by atoms with E-state index in [1.165, 1.54) is 12.1 Å². The van der Waals surface area contributed by atoms with Crippen LogP contribution in [0.4, 0.5) is 4.39 Å². The molecule has 0 amide bonds. The van der Waals surface area contributed by atoms with E-state index in [1.54, 1.807) is 17.4 Å². The van der Waals surface area contributed by atoms with Crippen LogP contribution < -0.4 is 0 Å². The molecule has 0 aliphatic heterocycles. The smallest absolute Gasteiger partial charge is 0.123 e. The van der Waals surface area contributed by atoms with E-state index in [2.05, 4.69) is 15.9 Å². The molecule has 1 nitrogen and oxygen atoms in total. The highest BCUT2D eigenvalue weighted by Crippen LogP contribution is 2.40. The minimum absolute atomic E-state index is 0.225. The first-order chi connectivity index (χ1) is 8.57. The van der Waals surface area contributed by atoms with Crippen LogP contribution >= 0.6 is 27.3 Å². The van der Waals surface area contributed by atoms with Gasteiger partial charge in [0.25, 0.3) is 0 Å². The zero-order chi connectivity index (χ0) is 12.8. The molecule has 0 radical (unpaired) electrons. The summed E-state index contributed by atoms with van der Waals surface area (Å²) < 4.78 is 14.2. The Morgan fingerprint density at radius 3 is 2.94 bits per heavy atom. The van der Waals surface area contributed by atoms with Gasteiger partial charge >= 0.3 is 0 Å². The summed E-state index contributed by atoms with van der Waals surface area (Å²) in [5.74, 6) is -0.225. The van der Waals surface area contributed by atoms with Crippen LogP contribution in [0.5, 0.6) is 0 Å². The van der Waals surface area contributed by atoms with E-state index in [-0.39, 0.29) is 5.82 Å². The molecule has 3 rings (SSSR count). The molecule has 1 aromatic carbocycles. The number of thiophene rings is 1. The van der Waals surface area contributed by atoms with E-state index >= 15 is 0 Å². The number of aliphatic hydroxyl groups is 1. The fourth-order valence-electron chi connectivity index (χ4n) is 2.62. The third-order valence-corrected chi connectivity index (χ3v) is 5.16. The van der Waals surface area contributed by atoms with Crippen molar-refractivity contribution < 1.29 is 9.50 Å². The topological polar surface area (TPSA) is 20.2 Å². The summed E-state index contributed by atoms with van der Waals surface area (Å²) in [5, 5.41) is 12.8. The van der Waals surface area contributed by atoms with Gasteiger partial charge in [-0.1, -0.05) is 6.07 Å². The number of benzene rings is 1. The summed E-state index contributed by atoms with van der Waals surface area (Å²) in [4.78, 5) is 1.14. The van der Waals surface area contributed by atoms with Crippen molar-refractivity contribution in [1.82, 2.24) is 0 Å². The Morgan fingerprint density at radius 1 is 1.39 bits per heavy atom. The molecular weight excluding hydrogens is 315 g/mol. The van der Waals surface area contributed by atoms with Crippen LogP contribution in [0.15, 0.2) is 34.1 Å². The molecule has 1 heterocycles. The van der Waals surface area contributed by atoms with Crippen molar-refractivity contribution in [3.8, 4) is 0 Å². The van der Waals surface area contributed by atoms with Crippen LogP contribution in [0.2, 0.25) is 0 Å². The number of hydrogen-bond donors (Lipinski definition) is 1. The van der Waals surface area contributed by atoms with Crippen molar-refractivity contribution in [3.05, 3.63) is 55.9 Å². The summed E-state index contributed by atoms with van der Waals surface area (Å²) >= 11 is 5.05. The Hall–Kier alpha value is -0.710. The van der Waals surface area contributed by atoms with Gasteiger partial charge in [0.1, 0.15) is 5.82 Å². The van der Waals surface area contributed by atoms with Crippen molar-refractivity contribution in [1.29, 1.82) is 0 Å². The third-order valence-electron chi connectivity index (χ3n) is 3.46. The first kappa shape index (κ1) is 12.3. The van der Waals surface area contributed by atoms with Crippen LogP contribution in [-0.2, 0) is 18.4 Å². The Balaban J connectivity index is 1.94. The molecule has 1 aliphatic rings. The van der Waals surface area contributed by atoms with Gasteiger partial charge in [-0.3, -0.25) is 0 Å². The Morgan fingerprint density at radius 2 is 2.22 bits per heavy atom. The van der Waals surface area contributed by atoms with Crippen LogP contribution in [0.1, 0.15) is 22.4 Å². The molecule has 94 valence electrons. The Labute approximate surface area is 117 Å². The van der Waals surface area contributed by atoms with Crippen LogP contribution in [-0.4, -0.2) is 5.11 Å². The number of hydrogen-bond acceptors (Lipinski definition) is 2. The first-order valence-corrected chi connectivity index (χ1v) is 7.48. The lowest BCUT2D eigenvalue weighted by Crippen LogP contribution is -2.24. The molecule has 0 saturated carbocycles. The monoisotopic (exact) mass is 326 g/mol. The fourth-order valence-corrected chi connectivity index (χ4v) is 4.17. The van der Waals surface area contributed by atoms with Crippen molar-refractivity contribution in [2.75, 3.05) is 0 Å². The second-order valence-corrected chi connectivity index (χ2v) is 6.65. The lowest BCUT2D eigenvalue weighted by Gasteiger charge is -2.23. The summed E-state index contributed by atoms with van der Waals surface area (Å²) in [6.45, 7) is 0. The maximum Gasteiger partial charge on any atom is 0.123 e. The average Bonchev–Trinajstić information content (AvgIpc) is 2.84. The van der Waals surface area contributed by atoms with Crippen molar-refractivity contribution in [2.45, 2.75) is 24.9 Å². The van der Waals surface area contributed by atoms with E-state index in [4.69, 9.17) is 0 Å². The molecule has 1 unspecified atom stereocenters. The number of fused-ring (bicyclic) bond motifs is 1. The van der Waals surface area contributed by atoms with Crippen molar-refractivity contribution in [2.24, 2.45) is 0 Å². The average molecular weight is 327 g/mol. The van der Waals surface area contributed by atoms with Crippen LogP contribution in [0.3, 0.4) is 0 Å². The molecule has 4 heteroatoms. The number of rotatable bonds is 2. The molecule has 0 fully saturated rings. The summed E-state index contributed by atoms with van der Waals surface area (Å²) in [6.07, 6.45) is 2.01. The molecule has 0 bridgehead atoms. The second kappa shape index (κ2) is 4.44. The zero-order valence-electron chi connectivity index (χ0n) is 9.62. The van der Waals surface area contributed by atoms with Gasteiger partial charge in [-0.2, -0.15) is 0 Å². The first-order valence-electron chi connectivity index (χ1n) is 5.81. The predicted octanol–water partition coefficient (Wildman–Crippen LogP) is 4.03.